The number of rotatable bonds is 9. The van der Waals surface area contributed by atoms with Crippen LogP contribution < -0.4 is 4.74 Å². The van der Waals surface area contributed by atoms with Crippen LogP contribution in [0.4, 0.5) is 13.2 Å². The number of pyridine rings is 1. The largest absolute Gasteiger partial charge is 0.495 e. The average molecular weight is 602 g/mol. The second-order valence-corrected chi connectivity index (χ2v) is 11.1. The van der Waals surface area contributed by atoms with E-state index in [1.807, 2.05) is 18.2 Å². The van der Waals surface area contributed by atoms with Gasteiger partial charge in [0.25, 0.3) is 5.91 Å². The van der Waals surface area contributed by atoms with Gasteiger partial charge in [-0.15, -0.1) is 0 Å². The van der Waals surface area contributed by atoms with E-state index in [0.29, 0.717) is 35.5 Å². The third kappa shape index (κ3) is 7.02. The van der Waals surface area contributed by atoms with Crippen molar-refractivity contribution >= 4 is 29.3 Å². The summed E-state index contributed by atoms with van der Waals surface area (Å²) in [6.45, 7) is 0.618. The monoisotopic (exact) mass is 601 g/mol. The molecule has 7 nitrogen and oxygen atoms in total. The second-order valence-electron chi connectivity index (χ2n) is 9.58. The van der Waals surface area contributed by atoms with Gasteiger partial charge < -0.3 is 9.64 Å². The fourth-order valence-electron chi connectivity index (χ4n) is 5.00. The van der Waals surface area contributed by atoms with Gasteiger partial charge in [0.15, 0.2) is 11.6 Å². The molecular weight excluding hydrogens is 575 g/mol. The molecule has 1 aliphatic carbocycles. The number of alkyl halides is 3. The van der Waals surface area contributed by atoms with Gasteiger partial charge in [-0.25, -0.2) is 9.67 Å². The van der Waals surface area contributed by atoms with Crippen LogP contribution in [0.5, 0.6) is 5.75 Å². The van der Waals surface area contributed by atoms with E-state index in [0.717, 1.165) is 36.8 Å². The highest BCUT2D eigenvalue weighted by Crippen LogP contribution is 2.37. The van der Waals surface area contributed by atoms with Gasteiger partial charge in [0.2, 0.25) is 0 Å². The van der Waals surface area contributed by atoms with Crippen LogP contribution in [-0.4, -0.2) is 55.8 Å². The zero-order valence-electron chi connectivity index (χ0n) is 22.1. The molecule has 5 rings (SSSR count). The Bertz CT molecular complexity index is 1510. The molecule has 0 unspecified atom stereocenters. The molecule has 214 valence electrons. The lowest BCUT2D eigenvalue weighted by molar-refractivity contribution is -0.0328. The summed E-state index contributed by atoms with van der Waals surface area (Å²) in [6.07, 6.45) is 6.97. The predicted molar refractivity (Wildman–Crippen MR) is 152 cm³/mol. The molecule has 0 aliphatic heterocycles. The fraction of sp³-hybridized carbons (Fsp3) is 0.310. The smallest absolute Gasteiger partial charge is 0.446 e. The first kappa shape index (κ1) is 28.9. The van der Waals surface area contributed by atoms with Crippen LogP contribution in [0.1, 0.15) is 36.0 Å². The number of ether oxygens (including phenoxy) is 1. The maximum absolute atomic E-state index is 13.7. The van der Waals surface area contributed by atoms with Crippen molar-refractivity contribution in [1.82, 2.24) is 24.6 Å². The lowest BCUT2D eigenvalue weighted by Gasteiger charge is -2.29. The SMILES string of the molecule is COc1ccc(-c2nc(-c3ccncc3)nn2CCN(C(=O)c2cccc(SC(F)(F)F)c2)C2CCCC2)cc1Cl. The van der Waals surface area contributed by atoms with Gasteiger partial charge in [0.1, 0.15) is 5.75 Å². The molecule has 0 spiro atoms. The number of carbonyl (C=O) groups is 1. The molecule has 1 aliphatic rings. The molecular formula is C29H27ClF3N5O2S. The van der Waals surface area contributed by atoms with Crippen LogP contribution in [0.2, 0.25) is 5.02 Å². The number of carbonyl (C=O) groups excluding carboxylic acids is 1. The predicted octanol–water partition coefficient (Wildman–Crippen LogP) is 7.37. The number of amides is 1. The maximum Gasteiger partial charge on any atom is 0.446 e. The number of halogens is 4. The number of methoxy groups -OCH3 is 1. The first-order valence-electron chi connectivity index (χ1n) is 13.1. The number of nitrogens with zero attached hydrogens (tertiary/aromatic N) is 5. The highest BCUT2D eigenvalue weighted by atomic mass is 35.5. The van der Waals surface area contributed by atoms with Crippen LogP contribution in [0.15, 0.2) is 71.9 Å². The van der Waals surface area contributed by atoms with Crippen molar-refractivity contribution in [3.8, 4) is 28.5 Å². The molecule has 2 aromatic carbocycles. The van der Waals surface area contributed by atoms with Gasteiger partial charge in [-0.3, -0.25) is 9.78 Å². The number of hydrogen-bond acceptors (Lipinski definition) is 6. The van der Waals surface area contributed by atoms with E-state index in [-0.39, 0.29) is 34.2 Å². The molecule has 0 saturated heterocycles. The Morgan fingerprint density at radius 2 is 1.85 bits per heavy atom. The zero-order valence-corrected chi connectivity index (χ0v) is 23.7. The van der Waals surface area contributed by atoms with E-state index in [1.54, 1.807) is 40.2 Å². The van der Waals surface area contributed by atoms with Crippen LogP contribution in [0, 0.1) is 0 Å². The van der Waals surface area contributed by atoms with Gasteiger partial charge in [-0.1, -0.05) is 30.5 Å². The summed E-state index contributed by atoms with van der Waals surface area (Å²) in [5.74, 6) is 1.28. The van der Waals surface area contributed by atoms with Gasteiger partial charge in [-0.05, 0) is 73.1 Å². The molecule has 0 atom stereocenters. The molecule has 1 amide bonds. The van der Waals surface area contributed by atoms with Crippen molar-refractivity contribution in [3.63, 3.8) is 0 Å². The summed E-state index contributed by atoms with van der Waals surface area (Å²) in [7, 11) is 1.54. The first-order chi connectivity index (χ1) is 19.7. The third-order valence-electron chi connectivity index (χ3n) is 6.91. The average Bonchev–Trinajstić information content (AvgIpc) is 3.64. The van der Waals surface area contributed by atoms with Crippen LogP contribution in [0.25, 0.3) is 22.8 Å². The lowest BCUT2D eigenvalue weighted by Crippen LogP contribution is -2.41. The molecule has 12 heteroatoms. The topological polar surface area (TPSA) is 73.1 Å². The molecule has 2 aromatic heterocycles. The van der Waals surface area contributed by atoms with E-state index < -0.39 is 5.51 Å². The van der Waals surface area contributed by atoms with Crippen molar-refractivity contribution in [3.05, 3.63) is 77.6 Å². The minimum Gasteiger partial charge on any atom is -0.495 e. The van der Waals surface area contributed by atoms with Gasteiger partial charge >= 0.3 is 5.51 Å². The number of thioether (sulfide) groups is 1. The molecule has 0 N–H and O–H groups in total. The molecule has 41 heavy (non-hydrogen) atoms. The van der Waals surface area contributed by atoms with Gasteiger partial charge in [0.05, 0.1) is 18.7 Å². The van der Waals surface area contributed by atoms with E-state index in [4.69, 9.17) is 26.4 Å². The normalized spacial score (nSPS) is 13.9. The Hall–Kier alpha value is -3.57. The summed E-state index contributed by atoms with van der Waals surface area (Å²) in [6, 6.07) is 14.7. The number of benzene rings is 2. The van der Waals surface area contributed by atoms with Crippen molar-refractivity contribution in [2.45, 2.75) is 48.7 Å². The Morgan fingerprint density at radius 3 is 2.54 bits per heavy atom. The standard InChI is InChI=1S/C29H27ClF3N5O2S/c1-40-25-10-9-20(18-24(25)30)27-35-26(19-11-13-34-14-12-19)36-38(27)16-15-37(22-6-2-3-7-22)28(39)21-5-4-8-23(17-21)41-29(31,32)33/h4-5,8-14,17-18,22H,2-3,6-7,15-16H2,1H3. The lowest BCUT2D eigenvalue weighted by atomic mass is 10.1. The maximum atomic E-state index is 13.7. The Morgan fingerprint density at radius 1 is 1.10 bits per heavy atom. The fourth-order valence-corrected chi connectivity index (χ4v) is 5.86. The van der Waals surface area contributed by atoms with Crippen LogP contribution in [-0.2, 0) is 6.54 Å². The van der Waals surface area contributed by atoms with E-state index >= 15 is 0 Å². The number of hydrogen-bond donors (Lipinski definition) is 0. The Labute approximate surface area is 244 Å². The van der Waals surface area contributed by atoms with Gasteiger partial charge in [-0.2, -0.15) is 18.3 Å². The van der Waals surface area contributed by atoms with Crippen molar-refractivity contribution in [1.29, 1.82) is 0 Å². The molecule has 2 heterocycles. The Balaban J connectivity index is 1.46. The second kappa shape index (κ2) is 12.5. The summed E-state index contributed by atoms with van der Waals surface area (Å²) in [5, 5.41) is 5.17. The molecule has 1 fully saturated rings. The summed E-state index contributed by atoms with van der Waals surface area (Å²) in [5.41, 5.74) is -2.71. The van der Waals surface area contributed by atoms with Crippen LogP contribution >= 0.6 is 23.4 Å². The van der Waals surface area contributed by atoms with Crippen molar-refractivity contribution in [2.24, 2.45) is 0 Å². The first-order valence-corrected chi connectivity index (χ1v) is 14.3. The minimum absolute atomic E-state index is 0.0107. The van der Waals surface area contributed by atoms with E-state index in [2.05, 4.69) is 4.98 Å². The zero-order chi connectivity index (χ0) is 29.0. The highest BCUT2D eigenvalue weighted by molar-refractivity contribution is 8.00. The number of aromatic nitrogens is 4. The molecule has 1 saturated carbocycles. The third-order valence-corrected chi connectivity index (χ3v) is 7.93. The molecule has 0 bridgehead atoms. The van der Waals surface area contributed by atoms with Gasteiger partial charge in [0, 0.05) is 46.6 Å². The summed E-state index contributed by atoms with van der Waals surface area (Å²) >= 11 is 6.19. The van der Waals surface area contributed by atoms with E-state index in [1.165, 1.54) is 25.3 Å². The quantitative estimate of drug-likeness (QED) is 0.187. The highest BCUT2D eigenvalue weighted by Gasteiger charge is 2.31. The molecule has 0 radical (unpaired) electrons. The minimum atomic E-state index is -4.44. The van der Waals surface area contributed by atoms with Crippen molar-refractivity contribution in [2.75, 3.05) is 13.7 Å². The molecule has 4 aromatic rings. The summed E-state index contributed by atoms with van der Waals surface area (Å²) < 4.78 is 46.0. The van der Waals surface area contributed by atoms with Crippen LogP contribution in [0.3, 0.4) is 0 Å². The Kier molecular flexibility index (Phi) is 8.84. The van der Waals surface area contributed by atoms with E-state index in [9.17, 15) is 18.0 Å². The van der Waals surface area contributed by atoms with Crippen molar-refractivity contribution < 1.29 is 22.7 Å². The summed E-state index contributed by atoms with van der Waals surface area (Å²) in [4.78, 5) is 24.3.